The van der Waals surface area contributed by atoms with E-state index in [4.69, 9.17) is 5.11 Å². The van der Waals surface area contributed by atoms with Gasteiger partial charge in [0.25, 0.3) is 0 Å². The summed E-state index contributed by atoms with van der Waals surface area (Å²) in [6, 6.07) is -0.947. The maximum Gasteiger partial charge on any atom is 0.327 e. The molecule has 0 spiro atoms. The fourth-order valence-corrected chi connectivity index (χ4v) is 1.80. The summed E-state index contributed by atoms with van der Waals surface area (Å²) in [5.41, 5.74) is 0. The summed E-state index contributed by atoms with van der Waals surface area (Å²) in [6.45, 7) is 3.61. The predicted octanol–water partition coefficient (Wildman–Crippen LogP) is -0.555. The molecule has 0 aliphatic heterocycles. The van der Waals surface area contributed by atoms with Crippen LogP contribution in [-0.4, -0.2) is 47.0 Å². The zero-order valence-corrected chi connectivity index (χ0v) is 10.1. The van der Waals surface area contributed by atoms with Gasteiger partial charge in [0.05, 0.1) is 5.75 Å². The lowest BCUT2D eigenvalue weighted by atomic mass is 10.3. The summed E-state index contributed by atoms with van der Waals surface area (Å²) in [5, 5.41) is 13.7. The Morgan fingerprint density at radius 1 is 1.38 bits per heavy atom. The first kappa shape index (κ1) is 14.8. The Bertz CT molecular complexity index is 270. The molecule has 0 aromatic carbocycles. The molecule has 0 aromatic heterocycles. The van der Waals surface area contributed by atoms with E-state index in [1.54, 1.807) is 6.92 Å². The largest absolute Gasteiger partial charge is 0.480 e. The number of amides is 2. The van der Waals surface area contributed by atoms with E-state index in [1.807, 2.05) is 0 Å². The number of hydrogen-bond acceptors (Lipinski definition) is 4. The zero-order valence-electron chi connectivity index (χ0n) is 9.28. The van der Waals surface area contributed by atoms with Crippen molar-refractivity contribution in [1.82, 2.24) is 10.6 Å². The molecule has 1 atom stereocenters. The van der Waals surface area contributed by atoms with Crippen LogP contribution >= 0.6 is 11.8 Å². The Labute approximate surface area is 98.2 Å². The highest BCUT2D eigenvalue weighted by Gasteiger charge is 2.18. The van der Waals surface area contributed by atoms with E-state index < -0.39 is 17.9 Å². The monoisotopic (exact) mass is 248 g/mol. The van der Waals surface area contributed by atoms with Crippen molar-refractivity contribution >= 4 is 29.5 Å². The van der Waals surface area contributed by atoms with Gasteiger partial charge in [0.1, 0.15) is 6.04 Å². The SMILES string of the molecule is CCNC(=O)CSCC(NC(C)=O)C(=O)O. The molecule has 0 bridgehead atoms. The Morgan fingerprint density at radius 2 is 2.00 bits per heavy atom. The number of carboxylic acids is 1. The zero-order chi connectivity index (χ0) is 12.6. The van der Waals surface area contributed by atoms with Crippen LogP contribution in [0.5, 0.6) is 0 Å². The quantitative estimate of drug-likeness (QED) is 0.561. The van der Waals surface area contributed by atoms with Crippen LogP contribution in [0.15, 0.2) is 0 Å². The number of carbonyl (C=O) groups is 3. The van der Waals surface area contributed by atoms with Crippen LogP contribution in [0, 0.1) is 0 Å². The molecule has 7 heteroatoms. The van der Waals surface area contributed by atoms with Crippen molar-refractivity contribution in [3.8, 4) is 0 Å². The third-order valence-electron chi connectivity index (χ3n) is 1.57. The second-order valence-electron chi connectivity index (χ2n) is 3.06. The van der Waals surface area contributed by atoms with Crippen molar-refractivity contribution in [3.63, 3.8) is 0 Å². The van der Waals surface area contributed by atoms with Gasteiger partial charge in [-0.3, -0.25) is 9.59 Å². The molecular formula is C9H16N2O4S. The molecule has 16 heavy (non-hydrogen) atoms. The average molecular weight is 248 g/mol. The first-order valence-electron chi connectivity index (χ1n) is 4.81. The number of carbonyl (C=O) groups excluding carboxylic acids is 2. The minimum Gasteiger partial charge on any atom is -0.480 e. The lowest BCUT2D eigenvalue weighted by molar-refractivity contribution is -0.140. The summed E-state index contributed by atoms with van der Waals surface area (Å²) < 4.78 is 0. The van der Waals surface area contributed by atoms with Gasteiger partial charge in [0.15, 0.2) is 0 Å². The molecule has 0 radical (unpaired) electrons. The lowest BCUT2D eigenvalue weighted by Crippen LogP contribution is -2.41. The van der Waals surface area contributed by atoms with E-state index in [9.17, 15) is 14.4 Å². The lowest BCUT2D eigenvalue weighted by Gasteiger charge is -2.12. The maximum absolute atomic E-state index is 11.0. The molecular weight excluding hydrogens is 232 g/mol. The first-order valence-corrected chi connectivity index (χ1v) is 5.97. The molecule has 1 unspecified atom stereocenters. The fourth-order valence-electron chi connectivity index (χ4n) is 0.938. The minimum absolute atomic E-state index is 0.139. The topological polar surface area (TPSA) is 95.5 Å². The van der Waals surface area contributed by atoms with Gasteiger partial charge in [-0.15, -0.1) is 11.8 Å². The van der Waals surface area contributed by atoms with Crippen molar-refractivity contribution in [1.29, 1.82) is 0 Å². The predicted molar refractivity (Wildman–Crippen MR) is 61.2 cm³/mol. The van der Waals surface area contributed by atoms with Gasteiger partial charge in [-0.05, 0) is 6.92 Å². The second kappa shape index (κ2) is 7.98. The third-order valence-corrected chi connectivity index (χ3v) is 2.60. The highest BCUT2D eigenvalue weighted by molar-refractivity contribution is 8.00. The molecule has 0 saturated heterocycles. The van der Waals surface area contributed by atoms with Gasteiger partial charge < -0.3 is 15.7 Å². The molecule has 92 valence electrons. The normalized spacial score (nSPS) is 11.6. The van der Waals surface area contributed by atoms with E-state index in [-0.39, 0.29) is 17.4 Å². The van der Waals surface area contributed by atoms with E-state index in [0.717, 1.165) is 0 Å². The molecule has 0 aliphatic rings. The minimum atomic E-state index is -1.10. The molecule has 0 aliphatic carbocycles. The Kier molecular flexibility index (Phi) is 7.36. The van der Waals surface area contributed by atoms with Gasteiger partial charge in [-0.2, -0.15) is 0 Å². The molecule has 0 heterocycles. The summed E-state index contributed by atoms with van der Waals surface area (Å²) in [7, 11) is 0. The average Bonchev–Trinajstić information content (AvgIpc) is 2.15. The van der Waals surface area contributed by atoms with E-state index >= 15 is 0 Å². The standard InChI is InChI=1S/C9H16N2O4S/c1-3-10-8(13)5-16-4-7(9(14)15)11-6(2)12/h7H,3-5H2,1-2H3,(H,10,13)(H,11,12)(H,14,15). The molecule has 0 fully saturated rings. The van der Waals surface area contributed by atoms with Crippen LogP contribution in [0.1, 0.15) is 13.8 Å². The van der Waals surface area contributed by atoms with Crippen molar-refractivity contribution in [2.75, 3.05) is 18.1 Å². The summed E-state index contributed by atoms with van der Waals surface area (Å²) in [4.78, 5) is 32.5. The molecule has 2 amide bonds. The van der Waals surface area contributed by atoms with Crippen molar-refractivity contribution in [2.45, 2.75) is 19.9 Å². The Balaban J connectivity index is 3.89. The number of hydrogen-bond donors (Lipinski definition) is 3. The summed E-state index contributed by atoms with van der Waals surface area (Å²) in [5.74, 6) is -1.27. The molecule has 0 rings (SSSR count). The highest BCUT2D eigenvalue weighted by atomic mass is 32.2. The van der Waals surface area contributed by atoms with Gasteiger partial charge in [-0.1, -0.05) is 0 Å². The number of rotatable bonds is 7. The second-order valence-corrected chi connectivity index (χ2v) is 4.09. The van der Waals surface area contributed by atoms with Crippen molar-refractivity contribution in [3.05, 3.63) is 0 Å². The summed E-state index contributed by atoms with van der Waals surface area (Å²) in [6.07, 6.45) is 0. The van der Waals surface area contributed by atoms with E-state index in [2.05, 4.69) is 10.6 Å². The molecule has 0 aromatic rings. The van der Waals surface area contributed by atoms with Crippen LogP contribution in [0.25, 0.3) is 0 Å². The highest BCUT2D eigenvalue weighted by Crippen LogP contribution is 2.03. The van der Waals surface area contributed by atoms with Gasteiger partial charge in [0.2, 0.25) is 11.8 Å². The van der Waals surface area contributed by atoms with Crippen molar-refractivity contribution in [2.24, 2.45) is 0 Å². The van der Waals surface area contributed by atoms with Crippen molar-refractivity contribution < 1.29 is 19.5 Å². The Morgan fingerprint density at radius 3 is 2.44 bits per heavy atom. The van der Waals surface area contributed by atoms with Crippen LogP contribution in [-0.2, 0) is 14.4 Å². The van der Waals surface area contributed by atoms with Crippen LogP contribution in [0.4, 0.5) is 0 Å². The molecule has 6 nitrogen and oxygen atoms in total. The van der Waals surface area contributed by atoms with Gasteiger partial charge >= 0.3 is 5.97 Å². The maximum atomic E-state index is 11.0. The Hall–Kier alpha value is -1.24. The number of aliphatic carboxylic acids is 1. The molecule has 0 saturated carbocycles. The van der Waals surface area contributed by atoms with Gasteiger partial charge in [-0.25, -0.2) is 4.79 Å². The number of nitrogens with one attached hydrogen (secondary N) is 2. The van der Waals surface area contributed by atoms with Crippen LogP contribution < -0.4 is 10.6 Å². The smallest absolute Gasteiger partial charge is 0.327 e. The first-order chi connectivity index (χ1) is 7.47. The summed E-state index contributed by atoms with van der Waals surface area (Å²) >= 11 is 1.17. The fraction of sp³-hybridized carbons (Fsp3) is 0.667. The number of carboxylic acid groups (broad SMARTS) is 1. The van der Waals surface area contributed by atoms with Crippen LogP contribution in [0.3, 0.4) is 0 Å². The van der Waals surface area contributed by atoms with E-state index in [0.29, 0.717) is 6.54 Å². The number of thioether (sulfide) groups is 1. The van der Waals surface area contributed by atoms with Gasteiger partial charge in [0, 0.05) is 19.2 Å². The molecule has 3 N–H and O–H groups in total. The van der Waals surface area contributed by atoms with E-state index in [1.165, 1.54) is 18.7 Å². The van der Waals surface area contributed by atoms with Crippen LogP contribution in [0.2, 0.25) is 0 Å². The third kappa shape index (κ3) is 7.10.